The van der Waals surface area contributed by atoms with Crippen molar-refractivity contribution in [3.8, 4) is 5.75 Å². The third-order valence-corrected chi connectivity index (χ3v) is 5.33. The van der Waals surface area contributed by atoms with Crippen LogP contribution in [0.1, 0.15) is 45.3 Å². The zero-order chi connectivity index (χ0) is 21.3. The molecule has 0 amide bonds. The first-order valence-corrected chi connectivity index (χ1v) is 10.6. The molecule has 1 aromatic carbocycles. The molecule has 1 aromatic rings. The number of nitrogens with zero attached hydrogens (tertiary/aromatic N) is 2. The zero-order valence-electron chi connectivity index (χ0n) is 18.6. The lowest BCUT2D eigenvalue weighted by molar-refractivity contribution is -0.00255. The van der Waals surface area contributed by atoms with Gasteiger partial charge in [-0.05, 0) is 65.4 Å². The first-order valence-electron chi connectivity index (χ1n) is 10.6. The van der Waals surface area contributed by atoms with E-state index in [1.165, 1.54) is 0 Å². The Hall–Kier alpha value is -1.83. The summed E-state index contributed by atoms with van der Waals surface area (Å²) in [6.45, 7) is 9.37. The molecular formula is C22H38N4O3. The van der Waals surface area contributed by atoms with Gasteiger partial charge in [0.25, 0.3) is 0 Å². The van der Waals surface area contributed by atoms with Crippen molar-refractivity contribution >= 4 is 5.96 Å². The van der Waals surface area contributed by atoms with Crippen LogP contribution in [0.2, 0.25) is 0 Å². The van der Waals surface area contributed by atoms with Gasteiger partial charge < -0.3 is 30.1 Å². The quantitative estimate of drug-likeness (QED) is 0.431. The summed E-state index contributed by atoms with van der Waals surface area (Å²) in [5.41, 5.74) is 0.836. The van der Waals surface area contributed by atoms with Gasteiger partial charge in [0.1, 0.15) is 5.75 Å². The molecule has 164 valence electrons. The minimum Gasteiger partial charge on any atom is -0.491 e. The number of ether oxygens (including phenoxy) is 2. The molecule has 7 nitrogen and oxygen atoms in total. The Morgan fingerprint density at radius 3 is 2.62 bits per heavy atom. The van der Waals surface area contributed by atoms with E-state index in [1.54, 1.807) is 0 Å². The molecule has 0 saturated carbocycles. The first kappa shape index (κ1) is 23.4. The molecule has 7 heteroatoms. The topological polar surface area (TPSA) is 78.4 Å². The van der Waals surface area contributed by atoms with Crippen molar-refractivity contribution in [1.82, 2.24) is 15.5 Å². The smallest absolute Gasteiger partial charge is 0.191 e. The van der Waals surface area contributed by atoms with Crippen molar-refractivity contribution in [2.75, 3.05) is 46.9 Å². The van der Waals surface area contributed by atoms with Gasteiger partial charge in [-0.25, -0.2) is 0 Å². The Morgan fingerprint density at radius 2 is 2.00 bits per heavy atom. The van der Waals surface area contributed by atoms with E-state index in [9.17, 15) is 5.11 Å². The number of aliphatic hydroxyl groups excluding tert-OH is 1. The Morgan fingerprint density at radius 1 is 1.28 bits per heavy atom. The largest absolute Gasteiger partial charge is 0.491 e. The molecule has 1 heterocycles. The van der Waals surface area contributed by atoms with Crippen LogP contribution in [0, 0.1) is 0 Å². The van der Waals surface area contributed by atoms with Crippen LogP contribution in [0.25, 0.3) is 0 Å². The van der Waals surface area contributed by atoms with Crippen LogP contribution in [-0.2, 0) is 4.74 Å². The van der Waals surface area contributed by atoms with Gasteiger partial charge in [0.15, 0.2) is 5.96 Å². The molecule has 0 radical (unpaired) electrons. The average Bonchev–Trinajstić information content (AvgIpc) is 2.70. The Kier molecular flexibility index (Phi) is 9.20. The van der Waals surface area contributed by atoms with Gasteiger partial charge in [-0.1, -0.05) is 12.1 Å². The number of likely N-dealkylation sites (N-methyl/N-ethyl adjacent to an activating group) is 1. The summed E-state index contributed by atoms with van der Waals surface area (Å²) in [5.74, 6) is 1.48. The van der Waals surface area contributed by atoms with Crippen molar-refractivity contribution < 1.29 is 14.6 Å². The molecule has 1 unspecified atom stereocenters. The maximum absolute atomic E-state index is 10.6. The number of rotatable bonds is 9. The van der Waals surface area contributed by atoms with Gasteiger partial charge in [0.05, 0.1) is 18.8 Å². The maximum atomic E-state index is 10.6. The number of hydrogen-bond acceptors (Lipinski definition) is 5. The van der Waals surface area contributed by atoms with Crippen LogP contribution in [-0.4, -0.2) is 74.6 Å². The summed E-state index contributed by atoms with van der Waals surface area (Å²) in [5, 5.41) is 17.2. The second kappa shape index (κ2) is 11.4. The van der Waals surface area contributed by atoms with Gasteiger partial charge in [-0.3, -0.25) is 4.99 Å². The predicted molar refractivity (Wildman–Crippen MR) is 118 cm³/mol. The van der Waals surface area contributed by atoms with Gasteiger partial charge in [0.2, 0.25) is 0 Å². The fourth-order valence-corrected chi connectivity index (χ4v) is 3.44. The van der Waals surface area contributed by atoms with E-state index in [4.69, 9.17) is 14.5 Å². The highest BCUT2D eigenvalue weighted by atomic mass is 16.5. The second-order valence-corrected chi connectivity index (χ2v) is 8.06. The first-order chi connectivity index (χ1) is 13.9. The number of guanidine groups is 1. The third kappa shape index (κ3) is 7.17. The maximum Gasteiger partial charge on any atom is 0.191 e. The number of aliphatic imine (C=N–C) groups is 1. The van der Waals surface area contributed by atoms with Crippen LogP contribution >= 0.6 is 0 Å². The fraction of sp³-hybridized carbons (Fsp3) is 0.682. The van der Waals surface area contributed by atoms with E-state index in [2.05, 4.69) is 29.6 Å². The van der Waals surface area contributed by atoms with Crippen LogP contribution in [0.15, 0.2) is 29.3 Å². The monoisotopic (exact) mass is 406 g/mol. The number of hydrogen-bond donors (Lipinski definition) is 3. The molecule has 0 bridgehead atoms. The van der Waals surface area contributed by atoms with E-state index in [1.807, 2.05) is 45.0 Å². The predicted octanol–water partition coefficient (Wildman–Crippen LogP) is 2.17. The molecule has 1 saturated heterocycles. The Labute approximate surface area is 175 Å². The molecule has 1 fully saturated rings. The highest BCUT2D eigenvalue weighted by Gasteiger charge is 2.34. The van der Waals surface area contributed by atoms with Crippen LogP contribution in [0.3, 0.4) is 0 Å². The van der Waals surface area contributed by atoms with E-state index in [-0.39, 0.29) is 11.6 Å². The lowest BCUT2D eigenvalue weighted by Crippen LogP contribution is -2.52. The van der Waals surface area contributed by atoms with E-state index >= 15 is 0 Å². The van der Waals surface area contributed by atoms with Crippen molar-refractivity contribution in [2.45, 2.75) is 51.4 Å². The third-order valence-electron chi connectivity index (χ3n) is 5.33. The molecule has 0 aromatic heterocycles. The van der Waals surface area contributed by atoms with Crippen molar-refractivity contribution in [1.29, 1.82) is 0 Å². The number of aliphatic hydroxyl groups is 1. The van der Waals surface area contributed by atoms with Crippen LogP contribution in [0.5, 0.6) is 5.75 Å². The van der Waals surface area contributed by atoms with Crippen molar-refractivity contribution in [3.05, 3.63) is 29.8 Å². The van der Waals surface area contributed by atoms with E-state index in [0.717, 1.165) is 43.9 Å². The van der Waals surface area contributed by atoms with Gasteiger partial charge in [-0.2, -0.15) is 0 Å². The summed E-state index contributed by atoms with van der Waals surface area (Å²) in [7, 11) is 4.22. The SMILES string of the molecule is CCNC(=NCC1(N(C)C)CCOCC1)NCC(O)c1cccc(OC(C)C)c1. The Bertz CT molecular complexity index is 643. The fourth-order valence-electron chi connectivity index (χ4n) is 3.44. The van der Waals surface area contributed by atoms with Crippen LogP contribution < -0.4 is 15.4 Å². The summed E-state index contributed by atoms with van der Waals surface area (Å²) < 4.78 is 11.3. The summed E-state index contributed by atoms with van der Waals surface area (Å²) in [4.78, 5) is 7.08. The van der Waals surface area contributed by atoms with E-state index in [0.29, 0.717) is 19.0 Å². The molecule has 1 aliphatic rings. The standard InChI is InChI=1S/C22H38N4O3/c1-6-23-21(25-16-22(26(4)5)10-12-28-13-11-22)24-15-20(27)18-8-7-9-19(14-18)29-17(2)3/h7-9,14,17,20,27H,6,10-13,15-16H2,1-5H3,(H2,23,24,25). The van der Waals surface area contributed by atoms with Crippen LogP contribution in [0.4, 0.5) is 0 Å². The lowest BCUT2D eigenvalue weighted by atomic mass is 9.89. The number of nitrogens with one attached hydrogen (secondary N) is 2. The molecule has 3 N–H and O–H groups in total. The average molecular weight is 407 g/mol. The molecule has 0 aliphatic carbocycles. The normalized spacial score (nSPS) is 18.0. The molecule has 1 atom stereocenters. The van der Waals surface area contributed by atoms with Gasteiger partial charge in [0, 0.05) is 31.8 Å². The second-order valence-electron chi connectivity index (χ2n) is 8.06. The molecule has 29 heavy (non-hydrogen) atoms. The Balaban J connectivity index is 2.00. The summed E-state index contributed by atoms with van der Waals surface area (Å²) >= 11 is 0. The number of benzene rings is 1. The summed E-state index contributed by atoms with van der Waals surface area (Å²) in [6.07, 6.45) is 1.38. The van der Waals surface area contributed by atoms with Gasteiger partial charge >= 0.3 is 0 Å². The molecule has 1 aliphatic heterocycles. The van der Waals surface area contributed by atoms with Gasteiger partial charge in [-0.15, -0.1) is 0 Å². The van der Waals surface area contributed by atoms with Crippen molar-refractivity contribution in [2.24, 2.45) is 4.99 Å². The summed E-state index contributed by atoms with van der Waals surface area (Å²) in [6, 6.07) is 7.61. The van der Waals surface area contributed by atoms with E-state index < -0.39 is 6.10 Å². The minimum atomic E-state index is -0.652. The molecular weight excluding hydrogens is 368 g/mol. The van der Waals surface area contributed by atoms with Crippen molar-refractivity contribution in [3.63, 3.8) is 0 Å². The molecule has 2 rings (SSSR count). The molecule has 0 spiro atoms. The zero-order valence-corrected chi connectivity index (χ0v) is 18.6. The highest BCUT2D eigenvalue weighted by Crippen LogP contribution is 2.26. The lowest BCUT2D eigenvalue weighted by Gasteiger charge is -2.41. The highest BCUT2D eigenvalue weighted by molar-refractivity contribution is 5.79. The minimum absolute atomic E-state index is 0.0156.